The van der Waals surface area contributed by atoms with E-state index in [4.69, 9.17) is 5.73 Å². The molecule has 0 saturated carbocycles. The number of hydrogen-bond donors (Lipinski definition) is 1. The van der Waals surface area contributed by atoms with Crippen LogP contribution in [0.15, 0.2) is 24.3 Å². The Bertz CT molecular complexity index is 353. The molecule has 1 rings (SSSR count). The van der Waals surface area contributed by atoms with Gasteiger partial charge in [0.1, 0.15) is 0 Å². The van der Waals surface area contributed by atoms with Gasteiger partial charge in [-0.3, -0.25) is 0 Å². The van der Waals surface area contributed by atoms with Crippen molar-refractivity contribution < 1.29 is 14.4 Å². The quantitative estimate of drug-likeness (QED) is 0.649. The van der Waals surface area contributed by atoms with Crippen LogP contribution in [0.25, 0.3) is 0 Å². The van der Waals surface area contributed by atoms with E-state index in [-0.39, 0.29) is 5.56 Å². The lowest BCUT2D eigenvalue weighted by Crippen LogP contribution is -2.47. The molecule has 0 amide bonds. The Morgan fingerprint density at radius 3 is 1.58 bits per heavy atom. The third-order valence-electron chi connectivity index (χ3n) is 3.83. The Morgan fingerprint density at radius 1 is 1.00 bits per heavy atom. The van der Waals surface area contributed by atoms with E-state index in [1.54, 1.807) is 0 Å². The smallest absolute Gasteiger partial charge is 0.0757 e. The number of nitrogens with two attached hydrogens (primary N) is 1. The number of hydrogen-bond acceptors (Lipinski definition) is 3. The highest BCUT2D eigenvalue weighted by molar-refractivity contribution is 5.86. The maximum atomic E-state index is 10.2. The number of quaternary nitrogens is 1. The molecule has 0 aliphatic carbocycles. The Hall–Kier alpha value is -1.55. The first-order chi connectivity index (χ1) is 8.94. The molecule has 0 unspecified atom stereocenters. The molecule has 4 nitrogen and oxygen atoms in total. The summed E-state index contributed by atoms with van der Waals surface area (Å²) in [6.45, 7) is 14.2. The van der Waals surface area contributed by atoms with Gasteiger partial charge in [-0.15, -0.1) is 0 Å². The molecule has 0 saturated heterocycles. The maximum Gasteiger partial charge on any atom is 0.0757 e. The Kier molecular flexibility index (Phi) is 7.84. The summed E-state index contributed by atoms with van der Waals surface area (Å²) in [5, 5.41) is 10.2. The second-order valence-electron chi connectivity index (χ2n) is 4.52. The number of nitrogen functional groups attached to an aromatic ring is 1. The molecule has 0 aromatic heterocycles. The molecule has 0 heterocycles. The van der Waals surface area contributed by atoms with Crippen molar-refractivity contribution in [1.29, 1.82) is 0 Å². The number of nitrogens with zero attached hydrogens (tertiary/aromatic N) is 1. The summed E-state index contributed by atoms with van der Waals surface area (Å²) in [4.78, 5) is 10.2. The van der Waals surface area contributed by atoms with Crippen LogP contribution in [0.4, 0.5) is 5.69 Å². The van der Waals surface area contributed by atoms with Gasteiger partial charge >= 0.3 is 0 Å². The molecule has 19 heavy (non-hydrogen) atoms. The highest BCUT2D eigenvalue weighted by Crippen LogP contribution is 2.04. The minimum atomic E-state index is -1.18. The van der Waals surface area contributed by atoms with Crippen molar-refractivity contribution in [3.8, 4) is 0 Å². The molecular formula is C15H26N2O2. The molecule has 0 aliphatic heterocycles. The van der Waals surface area contributed by atoms with Gasteiger partial charge in [0.2, 0.25) is 0 Å². The van der Waals surface area contributed by atoms with Crippen LogP contribution < -0.4 is 10.8 Å². The van der Waals surface area contributed by atoms with Gasteiger partial charge in [0.05, 0.1) is 32.1 Å². The second-order valence-corrected chi connectivity index (χ2v) is 4.52. The van der Waals surface area contributed by atoms with Gasteiger partial charge in [-0.2, -0.15) is 0 Å². The van der Waals surface area contributed by atoms with E-state index in [1.807, 2.05) is 0 Å². The van der Waals surface area contributed by atoms with E-state index in [0.717, 1.165) is 0 Å². The average molecular weight is 266 g/mol. The SMILES string of the molecule is CC[N+](CC)(CC)CC.Nc1ccc(C(=O)[O-])cc1. The van der Waals surface area contributed by atoms with Crippen molar-refractivity contribution in [2.75, 3.05) is 31.9 Å². The first-order valence-corrected chi connectivity index (χ1v) is 6.86. The van der Waals surface area contributed by atoms with Crippen LogP contribution in [-0.2, 0) is 0 Å². The minimum Gasteiger partial charge on any atom is -0.545 e. The summed E-state index contributed by atoms with van der Waals surface area (Å²) in [5.74, 6) is -1.18. The number of benzene rings is 1. The van der Waals surface area contributed by atoms with Gasteiger partial charge < -0.3 is 20.1 Å². The number of carboxylic acid groups (broad SMARTS) is 1. The third kappa shape index (κ3) is 5.75. The zero-order chi connectivity index (χ0) is 14.9. The van der Waals surface area contributed by atoms with Crippen LogP contribution in [0.3, 0.4) is 0 Å². The molecular weight excluding hydrogens is 240 g/mol. The molecule has 0 radical (unpaired) electrons. The molecule has 0 bridgehead atoms. The summed E-state index contributed by atoms with van der Waals surface area (Å²) in [7, 11) is 0. The van der Waals surface area contributed by atoms with E-state index in [0.29, 0.717) is 5.69 Å². The second kappa shape index (κ2) is 8.53. The number of carboxylic acids is 1. The van der Waals surface area contributed by atoms with E-state index < -0.39 is 5.97 Å². The molecule has 1 aromatic rings. The largest absolute Gasteiger partial charge is 0.545 e. The van der Waals surface area contributed by atoms with Crippen molar-refractivity contribution in [3.05, 3.63) is 29.8 Å². The zero-order valence-electron chi connectivity index (χ0n) is 12.5. The van der Waals surface area contributed by atoms with Gasteiger partial charge in [0, 0.05) is 5.69 Å². The first kappa shape index (κ1) is 17.4. The van der Waals surface area contributed by atoms with Gasteiger partial charge in [0.25, 0.3) is 0 Å². The molecule has 108 valence electrons. The number of aromatic carboxylic acids is 1. The summed E-state index contributed by atoms with van der Waals surface area (Å²) >= 11 is 0. The summed E-state index contributed by atoms with van der Waals surface area (Å²) < 4.78 is 1.28. The molecule has 4 heteroatoms. The number of anilines is 1. The monoisotopic (exact) mass is 266 g/mol. The van der Waals surface area contributed by atoms with Gasteiger partial charge in [-0.05, 0) is 45.4 Å². The molecule has 1 aromatic carbocycles. The van der Waals surface area contributed by atoms with Crippen molar-refractivity contribution in [2.24, 2.45) is 0 Å². The van der Waals surface area contributed by atoms with E-state index in [1.165, 1.54) is 54.9 Å². The third-order valence-corrected chi connectivity index (χ3v) is 3.83. The van der Waals surface area contributed by atoms with Crippen LogP contribution in [0, 0.1) is 0 Å². The fourth-order valence-electron chi connectivity index (χ4n) is 1.96. The lowest BCUT2D eigenvalue weighted by atomic mass is 10.2. The molecule has 0 aliphatic rings. The fraction of sp³-hybridized carbons (Fsp3) is 0.533. The first-order valence-electron chi connectivity index (χ1n) is 6.86. The van der Waals surface area contributed by atoms with Crippen molar-refractivity contribution in [3.63, 3.8) is 0 Å². The standard InChI is InChI=1S/C8H20N.C7H7NO2/c1-5-9(6-2,7-3)8-4;8-6-3-1-5(2-4-6)7(9)10/h5-8H2,1-4H3;1-4H,8H2,(H,9,10)/q+1;/p-1. The van der Waals surface area contributed by atoms with E-state index in [2.05, 4.69) is 27.7 Å². The predicted octanol–water partition coefficient (Wildman–Crippen LogP) is 1.52. The zero-order valence-corrected chi connectivity index (χ0v) is 12.5. The van der Waals surface area contributed by atoms with E-state index in [9.17, 15) is 9.90 Å². The topological polar surface area (TPSA) is 66.2 Å². The Balaban J connectivity index is 0.000000344. The number of carbonyl (C=O) groups excluding carboxylic acids is 1. The Labute approximate surface area is 116 Å². The van der Waals surface area contributed by atoms with E-state index >= 15 is 0 Å². The lowest BCUT2D eigenvalue weighted by molar-refractivity contribution is -0.921. The number of rotatable bonds is 5. The predicted molar refractivity (Wildman–Crippen MR) is 77.6 cm³/mol. The van der Waals surface area contributed by atoms with Crippen molar-refractivity contribution >= 4 is 11.7 Å². The number of carbonyl (C=O) groups is 1. The van der Waals surface area contributed by atoms with Crippen LogP contribution in [0.1, 0.15) is 38.1 Å². The summed E-state index contributed by atoms with van der Waals surface area (Å²) in [5.41, 5.74) is 6.01. The van der Waals surface area contributed by atoms with Crippen molar-refractivity contribution in [1.82, 2.24) is 0 Å². The Morgan fingerprint density at radius 2 is 1.37 bits per heavy atom. The molecule has 2 N–H and O–H groups in total. The van der Waals surface area contributed by atoms with Crippen LogP contribution in [0.2, 0.25) is 0 Å². The molecule has 0 fully saturated rings. The maximum absolute atomic E-state index is 10.2. The summed E-state index contributed by atoms with van der Waals surface area (Å²) in [6.07, 6.45) is 0. The minimum absolute atomic E-state index is 0.147. The lowest BCUT2D eigenvalue weighted by Gasteiger charge is -2.34. The van der Waals surface area contributed by atoms with Gasteiger partial charge in [-0.25, -0.2) is 0 Å². The van der Waals surface area contributed by atoms with Gasteiger partial charge in [0.15, 0.2) is 0 Å². The van der Waals surface area contributed by atoms with Gasteiger partial charge in [-0.1, -0.05) is 12.1 Å². The van der Waals surface area contributed by atoms with Crippen LogP contribution in [-0.4, -0.2) is 36.6 Å². The van der Waals surface area contributed by atoms with Crippen LogP contribution in [0.5, 0.6) is 0 Å². The fourth-order valence-corrected chi connectivity index (χ4v) is 1.96. The average Bonchev–Trinajstić information content (AvgIpc) is 2.43. The van der Waals surface area contributed by atoms with Crippen LogP contribution >= 0.6 is 0 Å². The van der Waals surface area contributed by atoms with Crippen molar-refractivity contribution in [2.45, 2.75) is 27.7 Å². The highest BCUT2D eigenvalue weighted by atomic mass is 16.4. The molecule has 0 spiro atoms. The normalized spacial score (nSPS) is 10.5. The summed E-state index contributed by atoms with van der Waals surface area (Å²) in [6, 6.07) is 5.85. The molecule has 0 atom stereocenters. The highest BCUT2D eigenvalue weighted by Gasteiger charge is 2.16.